The van der Waals surface area contributed by atoms with Gasteiger partial charge in [-0.2, -0.15) is 5.10 Å². The first-order valence-electron chi connectivity index (χ1n) is 4.69. The van der Waals surface area contributed by atoms with Crippen molar-refractivity contribution in [1.29, 1.82) is 0 Å². The number of aliphatic hydroxyl groups is 1. The lowest BCUT2D eigenvalue weighted by molar-refractivity contribution is 0.188. The van der Waals surface area contributed by atoms with Crippen LogP contribution >= 0.6 is 0 Å². The van der Waals surface area contributed by atoms with Crippen molar-refractivity contribution in [3.63, 3.8) is 0 Å². The Kier molecular flexibility index (Phi) is 3.76. The van der Waals surface area contributed by atoms with E-state index < -0.39 is 0 Å². The molecule has 1 atom stereocenters. The van der Waals surface area contributed by atoms with Gasteiger partial charge in [-0.25, -0.2) is 4.98 Å². The number of aliphatic hydroxyl groups excluding tert-OH is 1. The van der Waals surface area contributed by atoms with Gasteiger partial charge >= 0.3 is 0 Å². The summed E-state index contributed by atoms with van der Waals surface area (Å²) in [6, 6.07) is 0. The summed E-state index contributed by atoms with van der Waals surface area (Å²) in [6.45, 7) is 6.17. The van der Waals surface area contributed by atoms with Gasteiger partial charge in [-0.15, -0.1) is 5.10 Å². The summed E-state index contributed by atoms with van der Waals surface area (Å²) in [4.78, 5) is 4.20. The number of hydrogen-bond acceptors (Lipinski definition) is 5. The second-order valence-electron chi connectivity index (χ2n) is 3.37. The number of nitrogens with one attached hydrogen (secondary N) is 1. The second kappa shape index (κ2) is 4.85. The van der Waals surface area contributed by atoms with Crippen LogP contribution in [0.25, 0.3) is 0 Å². The van der Waals surface area contributed by atoms with Crippen molar-refractivity contribution in [2.45, 2.75) is 33.3 Å². The number of anilines is 1. The van der Waals surface area contributed by atoms with Gasteiger partial charge in [0.15, 0.2) is 0 Å². The largest absolute Gasteiger partial charge is 0.393 e. The number of rotatable bonds is 4. The number of hydrogen-bond donors (Lipinski definition) is 2. The van der Waals surface area contributed by atoms with E-state index in [1.165, 1.54) is 0 Å². The molecule has 0 aliphatic carbocycles. The van der Waals surface area contributed by atoms with Gasteiger partial charge in [0.1, 0.15) is 0 Å². The van der Waals surface area contributed by atoms with Gasteiger partial charge in [0.25, 0.3) is 0 Å². The van der Waals surface area contributed by atoms with Crippen LogP contribution in [-0.4, -0.2) is 32.9 Å². The molecule has 0 unspecified atom stereocenters. The van der Waals surface area contributed by atoms with Gasteiger partial charge in [-0.05, 0) is 27.2 Å². The van der Waals surface area contributed by atoms with Crippen molar-refractivity contribution in [2.75, 3.05) is 11.9 Å². The molecule has 0 aliphatic heterocycles. The molecule has 2 N–H and O–H groups in total. The fourth-order valence-corrected chi connectivity index (χ4v) is 0.925. The molecule has 5 heteroatoms. The normalized spacial score (nSPS) is 12.6. The topological polar surface area (TPSA) is 70.9 Å². The third-order valence-corrected chi connectivity index (χ3v) is 1.94. The zero-order chi connectivity index (χ0) is 10.6. The third kappa shape index (κ3) is 3.26. The summed E-state index contributed by atoms with van der Waals surface area (Å²) >= 11 is 0. The summed E-state index contributed by atoms with van der Waals surface area (Å²) in [5, 5.41) is 19.9. The highest BCUT2D eigenvalue weighted by Crippen LogP contribution is 2.02. The van der Waals surface area contributed by atoms with Crippen molar-refractivity contribution < 1.29 is 5.11 Å². The predicted molar refractivity (Wildman–Crippen MR) is 54.1 cm³/mol. The van der Waals surface area contributed by atoms with Crippen LogP contribution in [0.5, 0.6) is 0 Å². The first-order valence-corrected chi connectivity index (χ1v) is 4.69. The van der Waals surface area contributed by atoms with Gasteiger partial charge in [0.05, 0.1) is 17.5 Å². The highest BCUT2D eigenvalue weighted by molar-refractivity contribution is 5.24. The number of aryl methyl sites for hydroxylation is 2. The number of aromatic nitrogens is 3. The van der Waals surface area contributed by atoms with E-state index in [1.54, 1.807) is 6.92 Å². The van der Waals surface area contributed by atoms with E-state index in [1.807, 2.05) is 13.8 Å². The Labute approximate surface area is 83.6 Å². The summed E-state index contributed by atoms with van der Waals surface area (Å²) in [5.74, 6) is 0.522. The molecule has 78 valence electrons. The lowest BCUT2D eigenvalue weighted by Gasteiger charge is -2.06. The molecule has 1 heterocycles. The van der Waals surface area contributed by atoms with Crippen molar-refractivity contribution in [3.05, 3.63) is 11.4 Å². The lowest BCUT2D eigenvalue weighted by Crippen LogP contribution is -2.12. The van der Waals surface area contributed by atoms with E-state index in [0.717, 1.165) is 11.4 Å². The Balaban J connectivity index is 2.47. The van der Waals surface area contributed by atoms with Crippen LogP contribution in [-0.2, 0) is 0 Å². The van der Waals surface area contributed by atoms with Crippen molar-refractivity contribution >= 4 is 5.95 Å². The number of nitrogens with zero attached hydrogens (tertiary/aromatic N) is 3. The maximum Gasteiger partial charge on any atom is 0.242 e. The van der Waals surface area contributed by atoms with E-state index in [9.17, 15) is 0 Å². The maximum absolute atomic E-state index is 9.03. The Morgan fingerprint density at radius 1 is 1.29 bits per heavy atom. The Morgan fingerprint density at radius 3 is 2.57 bits per heavy atom. The van der Waals surface area contributed by atoms with Crippen molar-refractivity contribution in [1.82, 2.24) is 15.2 Å². The van der Waals surface area contributed by atoms with Crippen LogP contribution in [0.4, 0.5) is 5.95 Å². The van der Waals surface area contributed by atoms with Gasteiger partial charge in [-0.1, -0.05) is 0 Å². The molecule has 1 rings (SSSR count). The molecule has 0 aromatic carbocycles. The molecule has 1 aromatic heterocycles. The van der Waals surface area contributed by atoms with E-state index >= 15 is 0 Å². The molecule has 0 bridgehead atoms. The molecule has 0 spiro atoms. The minimum atomic E-state index is -0.304. The van der Waals surface area contributed by atoms with Crippen LogP contribution in [0.3, 0.4) is 0 Å². The lowest BCUT2D eigenvalue weighted by atomic mass is 10.3. The standard InChI is InChI=1S/C9H16N4O/c1-6(14)4-5-10-9-11-7(2)8(3)12-13-9/h6,14H,4-5H2,1-3H3,(H,10,11,13)/t6-/m1/s1. The molecule has 0 fully saturated rings. The fraction of sp³-hybridized carbons (Fsp3) is 0.667. The van der Waals surface area contributed by atoms with Crippen molar-refractivity contribution in [3.8, 4) is 0 Å². The smallest absolute Gasteiger partial charge is 0.242 e. The molecule has 1 aromatic rings. The zero-order valence-corrected chi connectivity index (χ0v) is 8.78. The monoisotopic (exact) mass is 196 g/mol. The van der Waals surface area contributed by atoms with Crippen LogP contribution in [0.15, 0.2) is 0 Å². The first-order chi connectivity index (χ1) is 6.59. The van der Waals surface area contributed by atoms with Gasteiger partial charge in [-0.3, -0.25) is 0 Å². The highest BCUT2D eigenvalue weighted by atomic mass is 16.3. The van der Waals surface area contributed by atoms with Gasteiger partial charge in [0, 0.05) is 6.54 Å². The third-order valence-electron chi connectivity index (χ3n) is 1.94. The Morgan fingerprint density at radius 2 is 2.00 bits per heavy atom. The fourth-order valence-electron chi connectivity index (χ4n) is 0.925. The summed E-state index contributed by atoms with van der Waals surface area (Å²) in [7, 11) is 0. The highest BCUT2D eigenvalue weighted by Gasteiger charge is 2.01. The average Bonchev–Trinajstić information content (AvgIpc) is 2.10. The molecule has 0 saturated carbocycles. The van der Waals surface area contributed by atoms with Crippen LogP contribution in [0, 0.1) is 13.8 Å². The van der Waals surface area contributed by atoms with Crippen LogP contribution in [0.1, 0.15) is 24.7 Å². The first kappa shape index (κ1) is 10.8. The minimum Gasteiger partial charge on any atom is -0.393 e. The maximum atomic E-state index is 9.03. The average molecular weight is 196 g/mol. The molecule has 5 nitrogen and oxygen atoms in total. The van der Waals surface area contributed by atoms with E-state index in [-0.39, 0.29) is 6.10 Å². The summed E-state index contributed by atoms with van der Waals surface area (Å²) < 4.78 is 0. The van der Waals surface area contributed by atoms with Gasteiger partial charge in [0.2, 0.25) is 5.95 Å². The molecule has 0 aliphatic rings. The van der Waals surface area contributed by atoms with Crippen molar-refractivity contribution in [2.24, 2.45) is 0 Å². The van der Waals surface area contributed by atoms with Gasteiger partial charge < -0.3 is 10.4 Å². The molecule has 14 heavy (non-hydrogen) atoms. The molecule has 0 amide bonds. The zero-order valence-electron chi connectivity index (χ0n) is 8.78. The predicted octanol–water partition coefficient (Wildman–Crippen LogP) is 0.671. The molecule has 0 saturated heterocycles. The summed E-state index contributed by atoms with van der Waals surface area (Å²) in [5.41, 5.74) is 1.71. The Hall–Kier alpha value is -1.23. The minimum absolute atomic E-state index is 0.304. The van der Waals surface area contributed by atoms with E-state index in [0.29, 0.717) is 18.9 Å². The quantitative estimate of drug-likeness (QED) is 0.740. The second-order valence-corrected chi connectivity index (χ2v) is 3.37. The molecular weight excluding hydrogens is 180 g/mol. The summed E-state index contributed by atoms with van der Waals surface area (Å²) in [6.07, 6.45) is 0.373. The molecular formula is C9H16N4O. The molecule has 0 radical (unpaired) electrons. The van der Waals surface area contributed by atoms with E-state index in [4.69, 9.17) is 5.11 Å². The SMILES string of the molecule is Cc1nnc(NCC[C@@H](C)O)nc1C. The van der Waals surface area contributed by atoms with Crippen LogP contribution in [0.2, 0.25) is 0 Å². The Bertz CT molecular complexity index is 301. The van der Waals surface area contributed by atoms with Crippen LogP contribution < -0.4 is 5.32 Å². The van der Waals surface area contributed by atoms with E-state index in [2.05, 4.69) is 20.5 Å².